The molecule has 1 heterocycles. The van der Waals surface area contributed by atoms with Crippen LogP contribution in [0.1, 0.15) is 6.42 Å². The summed E-state index contributed by atoms with van der Waals surface area (Å²) in [5.41, 5.74) is 0. The molecule has 0 aliphatic heterocycles. The topological polar surface area (TPSA) is 151 Å². The van der Waals surface area contributed by atoms with Gasteiger partial charge in [0.2, 0.25) is 10.4 Å². The van der Waals surface area contributed by atoms with Crippen LogP contribution in [0.25, 0.3) is 0 Å². The maximum Gasteiger partial charge on any atom is 0.265 e. The van der Waals surface area contributed by atoms with Crippen molar-refractivity contribution in [2.75, 3.05) is 5.75 Å². The predicted molar refractivity (Wildman–Crippen MR) is 54.3 cm³/mol. The van der Waals surface area contributed by atoms with E-state index in [9.17, 15) is 8.42 Å². The highest BCUT2D eigenvalue weighted by Crippen LogP contribution is 1.87. The van der Waals surface area contributed by atoms with Crippen molar-refractivity contribution in [3.05, 3.63) is 18.5 Å². The van der Waals surface area contributed by atoms with Crippen molar-refractivity contribution in [2.24, 2.45) is 0 Å². The van der Waals surface area contributed by atoms with E-state index in [1.807, 2.05) is 6.07 Å². The monoisotopic (exact) mass is 288 g/mol. The third-order valence-corrected chi connectivity index (χ3v) is 2.21. The number of hydrogen-bond donors (Lipinski definition) is 3. The van der Waals surface area contributed by atoms with E-state index in [0.717, 1.165) is 0 Å². The number of hydrogen-bond acceptors (Lipinski definition) is 5. The molecule has 17 heavy (non-hydrogen) atoms. The maximum atomic E-state index is 10.3. The Labute approximate surface area is 98.4 Å². The average molecular weight is 288 g/mol. The Morgan fingerprint density at radius 1 is 1.24 bits per heavy atom. The summed E-state index contributed by atoms with van der Waals surface area (Å²) in [5, 5.41) is 2.86. The fraction of sp³-hybridized carbons (Fsp3) is 0.500. The van der Waals surface area contributed by atoms with Gasteiger partial charge in [0.25, 0.3) is 10.1 Å². The van der Waals surface area contributed by atoms with Gasteiger partial charge < -0.3 is 4.55 Å². The lowest BCUT2D eigenvalue weighted by molar-refractivity contribution is -0.749. The van der Waals surface area contributed by atoms with E-state index in [-0.39, 0.29) is 5.75 Å². The lowest BCUT2D eigenvalue weighted by Gasteiger charge is -1.91. The summed E-state index contributed by atoms with van der Waals surface area (Å²) in [6, 6.07) is 1.81. The minimum atomic E-state index is -4.92. The second-order valence-electron chi connectivity index (χ2n) is 2.90. The molecule has 0 unspecified atom stereocenters. The summed E-state index contributed by atoms with van der Waals surface area (Å²) >= 11 is 0. The normalized spacial score (nSPS) is 11.7. The third-order valence-electron chi connectivity index (χ3n) is 1.40. The lowest BCUT2D eigenvalue weighted by atomic mass is 10.5. The van der Waals surface area contributed by atoms with Crippen molar-refractivity contribution in [1.82, 2.24) is 5.10 Å². The first-order chi connectivity index (χ1) is 7.58. The van der Waals surface area contributed by atoms with E-state index in [4.69, 9.17) is 22.1 Å². The molecule has 1 aromatic heterocycles. The van der Waals surface area contributed by atoms with Gasteiger partial charge in [0.15, 0.2) is 12.7 Å². The van der Waals surface area contributed by atoms with Gasteiger partial charge >= 0.3 is 0 Å². The number of aromatic amines is 1. The van der Waals surface area contributed by atoms with Gasteiger partial charge in [-0.3, -0.25) is 9.11 Å². The van der Waals surface area contributed by atoms with Gasteiger partial charge in [-0.05, 0) is 0 Å². The van der Waals surface area contributed by atoms with Crippen molar-refractivity contribution < 1.29 is 35.2 Å². The van der Waals surface area contributed by atoms with E-state index in [1.165, 1.54) is 0 Å². The highest BCUT2D eigenvalue weighted by atomic mass is 32.3. The van der Waals surface area contributed by atoms with Crippen molar-refractivity contribution in [3.8, 4) is 0 Å². The Hall–Kier alpha value is -1.01. The summed E-state index contributed by atoms with van der Waals surface area (Å²) in [6.07, 6.45) is 3.95. The molecule has 100 valence electrons. The zero-order chi connectivity index (χ0) is 13.5. The molecule has 0 aliphatic carbocycles. The first kappa shape index (κ1) is 16.0. The van der Waals surface area contributed by atoms with E-state index in [1.54, 1.807) is 17.1 Å². The molecule has 0 bridgehead atoms. The van der Waals surface area contributed by atoms with E-state index in [2.05, 4.69) is 5.10 Å². The molecule has 0 saturated heterocycles. The van der Waals surface area contributed by atoms with E-state index in [0.29, 0.717) is 13.0 Å². The van der Waals surface area contributed by atoms with Crippen LogP contribution in [0.4, 0.5) is 0 Å². The molecule has 0 fully saturated rings. The highest BCUT2D eigenvalue weighted by molar-refractivity contribution is 7.85. The lowest BCUT2D eigenvalue weighted by Crippen LogP contribution is -2.35. The van der Waals surface area contributed by atoms with Crippen molar-refractivity contribution in [2.45, 2.75) is 13.0 Å². The first-order valence-electron chi connectivity index (χ1n) is 4.24. The van der Waals surface area contributed by atoms with Gasteiger partial charge in [0.05, 0.1) is 11.9 Å². The summed E-state index contributed by atoms with van der Waals surface area (Å²) < 4.78 is 63.6. The molecule has 3 N–H and O–H groups in total. The minimum absolute atomic E-state index is 0.195. The van der Waals surface area contributed by atoms with Gasteiger partial charge in [-0.15, -0.1) is 4.68 Å². The van der Waals surface area contributed by atoms with Crippen LogP contribution in [0, 0.1) is 0 Å². The Balaban J connectivity index is 0.000000437. The van der Waals surface area contributed by atoms with Crippen LogP contribution in [0.2, 0.25) is 0 Å². The Morgan fingerprint density at radius 2 is 1.76 bits per heavy atom. The SMILES string of the molecule is O=S(=O)(O)CCC[n+]1ccc[nH]1.O=S(=O)([O-])O. The molecule has 0 radical (unpaired) electrons. The molecule has 0 saturated carbocycles. The average Bonchev–Trinajstić information content (AvgIpc) is 2.50. The minimum Gasteiger partial charge on any atom is -0.726 e. The molecule has 0 aliphatic rings. The summed E-state index contributed by atoms with van der Waals surface area (Å²) in [5.74, 6) is -0.195. The molecule has 0 spiro atoms. The van der Waals surface area contributed by atoms with Gasteiger partial charge in [-0.2, -0.15) is 13.5 Å². The van der Waals surface area contributed by atoms with Crippen LogP contribution in [0.5, 0.6) is 0 Å². The molecular formula is C6H12N2O7S2. The van der Waals surface area contributed by atoms with Crippen LogP contribution >= 0.6 is 0 Å². The fourth-order valence-corrected chi connectivity index (χ4v) is 1.38. The maximum absolute atomic E-state index is 10.3. The zero-order valence-electron chi connectivity index (χ0n) is 8.55. The molecule has 0 amide bonds. The van der Waals surface area contributed by atoms with Gasteiger partial charge in [-0.1, -0.05) is 0 Å². The zero-order valence-corrected chi connectivity index (χ0v) is 10.2. The Kier molecular flexibility index (Phi) is 6.26. The number of rotatable bonds is 4. The molecular weight excluding hydrogens is 276 g/mol. The van der Waals surface area contributed by atoms with Crippen LogP contribution in [0.3, 0.4) is 0 Å². The molecule has 1 rings (SSSR count). The second kappa shape index (κ2) is 6.66. The van der Waals surface area contributed by atoms with Gasteiger partial charge in [0, 0.05) is 12.5 Å². The number of aromatic nitrogens is 2. The molecule has 1 aromatic rings. The number of nitrogens with zero attached hydrogens (tertiary/aromatic N) is 1. The Morgan fingerprint density at radius 3 is 2.12 bits per heavy atom. The summed E-state index contributed by atoms with van der Waals surface area (Å²) in [4.78, 5) is 0. The van der Waals surface area contributed by atoms with Crippen LogP contribution < -0.4 is 4.68 Å². The van der Waals surface area contributed by atoms with E-state index < -0.39 is 20.5 Å². The van der Waals surface area contributed by atoms with Gasteiger partial charge in [0.1, 0.15) is 0 Å². The smallest absolute Gasteiger partial charge is 0.265 e. The highest BCUT2D eigenvalue weighted by Gasteiger charge is 2.06. The largest absolute Gasteiger partial charge is 0.726 e. The first-order valence-corrected chi connectivity index (χ1v) is 7.21. The Bertz CT molecular complexity index is 497. The number of H-pyrrole nitrogens is 1. The second-order valence-corrected chi connectivity index (χ2v) is 5.33. The van der Waals surface area contributed by atoms with Crippen molar-refractivity contribution >= 4 is 20.5 Å². The van der Waals surface area contributed by atoms with Crippen LogP contribution in [-0.4, -0.2) is 41.3 Å². The predicted octanol–water partition coefficient (Wildman–Crippen LogP) is -1.42. The molecule has 9 nitrogen and oxygen atoms in total. The van der Waals surface area contributed by atoms with Crippen molar-refractivity contribution in [1.29, 1.82) is 0 Å². The fourth-order valence-electron chi connectivity index (χ4n) is 0.885. The molecule has 0 atom stereocenters. The van der Waals surface area contributed by atoms with Crippen LogP contribution in [-0.2, 0) is 27.1 Å². The summed E-state index contributed by atoms with van der Waals surface area (Å²) in [6.45, 7) is 0.562. The molecule has 11 heteroatoms. The summed E-state index contributed by atoms with van der Waals surface area (Å²) in [7, 11) is -8.72. The standard InChI is InChI=1S/C6H10N2O3S.H2O4S/c9-12(10,11)6-2-5-8-4-1-3-7-8;1-5(2,3)4/h1,3-4H,2,5-6H2,(H,9,10,11);(H2,1,2,3,4). The van der Waals surface area contributed by atoms with Gasteiger partial charge in [-0.25, -0.2) is 8.42 Å². The third kappa shape index (κ3) is 15.0. The molecule has 0 aromatic carbocycles. The van der Waals surface area contributed by atoms with Crippen LogP contribution in [0.15, 0.2) is 18.5 Å². The number of nitrogens with one attached hydrogen (secondary N) is 1. The van der Waals surface area contributed by atoms with Crippen molar-refractivity contribution in [3.63, 3.8) is 0 Å². The van der Waals surface area contributed by atoms with E-state index >= 15 is 0 Å². The quantitative estimate of drug-likeness (QED) is 0.349. The number of aryl methyl sites for hydroxylation is 1.